The summed E-state index contributed by atoms with van der Waals surface area (Å²) in [6.45, 7) is 0.263. The van der Waals surface area contributed by atoms with E-state index in [4.69, 9.17) is 5.73 Å². The summed E-state index contributed by atoms with van der Waals surface area (Å²) in [5.41, 5.74) is 6.38. The Morgan fingerprint density at radius 2 is 2.33 bits per heavy atom. The summed E-state index contributed by atoms with van der Waals surface area (Å²) in [5, 5.41) is 3.79. The molecule has 8 nitrogen and oxygen atoms in total. The minimum Gasteiger partial charge on any atom is -0.381 e. The topological polar surface area (TPSA) is 119 Å². The Labute approximate surface area is 104 Å². The number of nitrogens with one attached hydrogen (secondary N) is 2. The summed E-state index contributed by atoms with van der Waals surface area (Å²) in [7, 11) is -2.00. The summed E-state index contributed by atoms with van der Waals surface area (Å²) in [5.74, 6) is -0.00783. The smallest absolute Gasteiger partial charge is 0.245 e. The van der Waals surface area contributed by atoms with E-state index in [-0.39, 0.29) is 17.3 Å². The fourth-order valence-corrected chi connectivity index (χ4v) is 2.64. The number of nitrogens with two attached hydrogens (primary N) is 1. The zero-order chi connectivity index (χ0) is 13.2. The molecule has 0 aliphatic carbocycles. The van der Waals surface area contributed by atoms with Crippen LogP contribution in [-0.4, -0.2) is 34.7 Å². The molecule has 0 aliphatic rings. The van der Waals surface area contributed by atoms with Crippen LogP contribution >= 0.6 is 0 Å². The fraction of sp³-hybridized carbons (Fsp3) is 0.333. The fourth-order valence-electron chi connectivity index (χ4n) is 1.51. The van der Waals surface area contributed by atoms with Gasteiger partial charge in [0.15, 0.2) is 5.82 Å². The lowest BCUT2D eigenvalue weighted by Crippen LogP contribution is -2.26. The number of rotatable bonds is 5. The van der Waals surface area contributed by atoms with E-state index in [2.05, 4.69) is 19.8 Å². The number of sulfonamides is 1. The van der Waals surface area contributed by atoms with Crippen molar-refractivity contribution in [2.75, 3.05) is 12.3 Å². The molecule has 0 fully saturated rings. The number of nitrogen functional groups attached to an aromatic ring is 1. The van der Waals surface area contributed by atoms with Crippen molar-refractivity contribution in [2.45, 2.75) is 11.3 Å². The molecule has 0 spiro atoms. The van der Waals surface area contributed by atoms with Crippen LogP contribution in [0, 0.1) is 0 Å². The zero-order valence-electron chi connectivity index (χ0n) is 9.79. The van der Waals surface area contributed by atoms with Gasteiger partial charge >= 0.3 is 0 Å². The Hall–Kier alpha value is -1.87. The van der Waals surface area contributed by atoms with E-state index < -0.39 is 10.0 Å². The highest BCUT2D eigenvalue weighted by Crippen LogP contribution is 2.14. The van der Waals surface area contributed by atoms with E-state index in [1.807, 2.05) is 0 Å². The zero-order valence-corrected chi connectivity index (χ0v) is 10.6. The maximum Gasteiger partial charge on any atom is 0.245 e. The van der Waals surface area contributed by atoms with Gasteiger partial charge in [-0.15, -0.1) is 0 Å². The third-order valence-corrected chi connectivity index (χ3v) is 3.83. The number of hydrogen-bond acceptors (Lipinski definition) is 5. The molecule has 0 atom stereocenters. The molecule has 4 N–H and O–H groups in total. The molecule has 9 heteroatoms. The molecule has 0 aromatic carbocycles. The van der Waals surface area contributed by atoms with Crippen LogP contribution in [0.2, 0.25) is 0 Å². The standard InChI is InChI=1S/C9H14N6O2S/c1-15-5-8(9(10)14-15)18(16,17)13-3-2-7-4-11-6-12-7/h4-6,13H,2-3H2,1H3,(H2,10,14)(H,11,12). The van der Waals surface area contributed by atoms with Gasteiger partial charge in [-0.2, -0.15) is 5.10 Å². The molecular formula is C9H14N6O2S. The molecule has 0 aliphatic heterocycles. The molecule has 0 saturated carbocycles. The molecule has 2 aromatic heterocycles. The van der Waals surface area contributed by atoms with Gasteiger partial charge in [0.1, 0.15) is 4.90 Å². The van der Waals surface area contributed by atoms with Crippen LogP contribution in [-0.2, 0) is 23.5 Å². The van der Waals surface area contributed by atoms with Gasteiger partial charge in [-0.1, -0.05) is 0 Å². The molecule has 0 bridgehead atoms. The number of imidazole rings is 1. The summed E-state index contributed by atoms with van der Waals surface area (Å²) >= 11 is 0. The molecule has 98 valence electrons. The highest BCUT2D eigenvalue weighted by atomic mass is 32.2. The molecular weight excluding hydrogens is 256 g/mol. The number of aromatic amines is 1. The van der Waals surface area contributed by atoms with Crippen LogP contribution in [0.3, 0.4) is 0 Å². The van der Waals surface area contributed by atoms with Crippen LogP contribution in [0.5, 0.6) is 0 Å². The Kier molecular flexibility index (Phi) is 3.34. The first-order chi connectivity index (χ1) is 8.49. The Bertz CT molecular complexity index is 616. The third kappa shape index (κ3) is 2.68. The molecule has 2 heterocycles. The molecule has 0 unspecified atom stereocenters. The van der Waals surface area contributed by atoms with Crippen LogP contribution in [0.1, 0.15) is 5.69 Å². The largest absolute Gasteiger partial charge is 0.381 e. The second kappa shape index (κ2) is 4.78. The van der Waals surface area contributed by atoms with Gasteiger partial charge in [0.05, 0.1) is 6.33 Å². The first-order valence-electron chi connectivity index (χ1n) is 5.25. The van der Waals surface area contributed by atoms with E-state index in [1.54, 1.807) is 19.6 Å². The monoisotopic (exact) mass is 270 g/mol. The van der Waals surface area contributed by atoms with E-state index in [0.29, 0.717) is 6.42 Å². The minimum absolute atomic E-state index is 0.00499. The lowest BCUT2D eigenvalue weighted by molar-refractivity contribution is 0.581. The number of hydrogen-bond donors (Lipinski definition) is 3. The minimum atomic E-state index is -3.62. The van der Waals surface area contributed by atoms with Gasteiger partial charge in [-0.25, -0.2) is 18.1 Å². The van der Waals surface area contributed by atoms with Gasteiger partial charge in [0.2, 0.25) is 10.0 Å². The Balaban J connectivity index is 2.02. The van der Waals surface area contributed by atoms with Gasteiger partial charge < -0.3 is 10.7 Å². The number of aromatic nitrogens is 4. The predicted octanol–water partition coefficient (Wildman–Crippen LogP) is -0.754. The van der Waals surface area contributed by atoms with Gasteiger partial charge in [0.25, 0.3) is 0 Å². The molecule has 0 amide bonds. The number of H-pyrrole nitrogens is 1. The van der Waals surface area contributed by atoms with Crippen molar-refractivity contribution >= 4 is 15.8 Å². The van der Waals surface area contributed by atoms with Crippen molar-refractivity contribution in [3.8, 4) is 0 Å². The average molecular weight is 270 g/mol. The molecule has 2 rings (SSSR count). The van der Waals surface area contributed by atoms with E-state index in [0.717, 1.165) is 5.69 Å². The number of anilines is 1. The third-order valence-electron chi connectivity index (χ3n) is 2.35. The van der Waals surface area contributed by atoms with Crippen molar-refractivity contribution in [2.24, 2.45) is 7.05 Å². The van der Waals surface area contributed by atoms with Crippen molar-refractivity contribution in [1.82, 2.24) is 24.5 Å². The van der Waals surface area contributed by atoms with E-state index in [1.165, 1.54) is 10.9 Å². The molecule has 18 heavy (non-hydrogen) atoms. The van der Waals surface area contributed by atoms with Crippen molar-refractivity contribution < 1.29 is 8.42 Å². The summed E-state index contributed by atoms with van der Waals surface area (Å²) in [4.78, 5) is 6.73. The van der Waals surface area contributed by atoms with E-state index in [9.17, 15) is 8.42 Å². The molecule has 0 saturated heterocycles. The van der Waals surface area contributed by atoms with Crippen LogP contribution in [0.4, 0.5) is 5.82 Å². The van der Waals surface area contributed by atoms with Crippen molar-refractivity contribution in [1.29, 1.82) is 0 Å². The normalized spacial score (nSPS) is 11.8. The summed E-state index contributed by atoms with van der Waals surface area (Å²) in [6, 6.07) is 0. The van der Waals surface area contributed by atoms with Crippen LogP contribution in [0.25, 0.3) is 0 Å². The second-order valence-corrected chi connectivity index (χ2v) is 5.51. The Morgan fingerprint density at radius 3 is 2.89 bits per heavy atom. The lowest BCUT2D eigenvalue weighted by Gasteiger charge is -2.04. The van der Waals surface area contributed by atoms with Crippen LogP contribution in [0.15, 0.2) is 23.6 Å². The first-order valence-corrected chi connectivity index (χ1v) is 6.73. The average Bonchev–Trinajstić information content (AvgIpc) is 2.88. The lowest BCUT2D eigenvalue weighted by atomic mass is 10.3. The quantitative estimate of drug-likeness (QED) is 0.660. The maximum atomic E-state index is 11.9. The van der Waals surface area contributed by atoms with Crippen molar-refractivity contribution in [3.05, 3.63) is 24.4 Å². The highest BCUT2D eigenvalue weighted by molar-refractivity contribution is 7.89. The Morgan fingerprint density at radius 1 is 1.56 bits per heavy atom. The first kappa shape index (κ1) is 12.6. The number of nitrogens with zero attached hydrogens (tertiary/aromatic N) is 3. The van der Waals surface area contributed by atoms with Gasteiger partial charge in [-0.05, 0) is 0 Å². The molecule has 2 aromatic rings. The predicted molar refractivity (Wildman–Crippen MR) is 65.1 cm³/mol. The second-order valence-electron chi connectivity index (χ2n) is 3.78. The SMILES string of the molecule is Cn1cc(S(=O)(=O)NCCc2cnc[nH]2)c(N)n1. The molecule has 0 radical (unpaired) electrons. The van der Waals surface area contributed by atoms with Gasteiger partial charge in [0, 0.05) is 38.1 Å². The number of aryl methyl sites for hydroxylation is 1. The highest BCUT2D eigenvalue weighted by Gasteiger charge is 2.19. The van der Waals surface area contributed by atoms with E-state index >= 15 is 0 Å². The summed E-state index contributed by atoms with van der Waals surface area (Å²) in [6.07, 6.45) is 5.09. The summed E-state index contributed by atoms with van der Waals surface area (Å²) < 4.78 is 27.7. The maximum absolute atomic E-state index is 11.9. The van der Waals surface area contributed by atoms with Gasteiger partial charge in [-0.3, -0.25) is 4.68 Å². The van der Waals surface area contributed by atoms with Crippen LogP contribution < -0.4 is 10.5 Å². The van der Waals surface area contributed by atoms with Crippen molar-refractivity contribution in [3.63, 3.8) is 0 Å².